The second-order valence-electron chi connectivity index (χ2n) is 7.29. The van der Waals surface area contributed by atoms with Crippen molar-refractivity contribution in [1.29, 1.82) is 0 Å². The van der Waals surface area contributed by atoms with Crippen molar-refractivity contribution in [2.45, 2.75) is 25.5 Å². The summed E-state index contributed by atoms with van der Waals surface area (Å²) in [4.78, 5) is 27.4. The topological polar surface area (TPSA) is 91.3 Å². The molecule has 150 valence electrons. The highest BCUT2D eigenvalue weighted by atomic mass is 16.6. The maximum Gasteiger partial charge on any atom is 0.415 e. The first-order valence-corrected chi connectivity index (χ1v) is 9.60. The first-order valence-electron chi connectivity index (χ1n) is 9.60. The van der Waals surface area contributed by atoms with Crippen LogP contribution >= 0.6 is 0 Å². The normalized spacial score (nSPS) is 24.0. The molecule has 0 bridgehead atoms. The molecule has 2 N–H and O–H groups in total. The Balaban J connectivity index is 1.51. The Hall–Kier alpha value is -2.58. The van der Waals surface area contributed by atoms with Crippen LogP contribution in [0.3, 0.4) is 0 Å². The highest BCUT2D eigenvalue weighted by Crippen LogP contribution is 2.40. The second-order valence-corrected chi connectivity index (χ2v) is 7.29. The molecule has 0 spiro atoms. The molecule has 3 heterocycles. The molecule has 2 amide bonds. The molecule has 0 aliphatic carbocycles. The van der Waals surface area contributed by atoms with E-state index in [1.54, 1.807) is 4.90 Å². The number of benzene rings is 1. The number of carbonyl (C=O) groups excluding carboxylic acids is 2. The van der Waals surface area contributed by atoms with Crippen LogP contribution in [-0.4, -0.2) is 73.5 Å². The van der Waals surface area contributed by atoms with Crippen LogP contribution in [0.25, 0.3) is 5.57 Å². The van der Waals surface area contributed by atoms with Gasteiger partial charge in [-0.15, -0.1) is 0 Å². The number of cyclic esters (lactones) is 1. The van der Waals surface area contributed by atoms with Gasteiger partial charge in [0, 0.05) is 26.6 Å². The molecule has 0 unspecified atom stereocenters. The average molecular weight is 387 g/mol. The number of nitrogens with one attached hydrogen (secondary N) is 1. The smallest absolute Gasteiger partial charge is 0.415 e. The number of amides is 2. The molecule has 3 aliphatic rings. The Kier molecular flexibility index (Phi) is 5.23. The van der Waals surface area contributed by atoms with Crippen LogP contribution in [0.5, 0.6) is 5.75 Å². The van der Waals surface area contributed by atoms with Crippen molar-refractivity contribution in [3.05, 3.63) is 29.8 Å². The predicted molar refractivity (Wildman–Crippen MR) is 103 cm³/mol. The van der Waals surface area contributed by atoms with Crippen molar-refractivity contribution in [3.8, 4) is 5.75 Å². The van der Waals surface area contributed by atoms with Gasteiger partial charge in [-0.2, -0.15) is 0 Å². The summed E-state index contributed by atoms with van der Waals surface area (Å²) < 4.78 is 11.4. The van der Waals surface area contributed by atoms with Gasteiger partial charge < -0.3 is 19.9 Å². The van der Waals surface area contributed by atoms with E-state index in [1.165, 1.54) is 12.5 Å². The fourth-order valence-corrected chi connectivity index (χ4v) is 3.97. The zero-order valence-electron chi connectivity index (χ0n) is 15.9. The van der Waals surface area contributed by atoms with Crippen molar-refractivity contribution >= 4 is 23.3 Å². The van der Waals surface area contributed by atoms with Gasteiger partial charge in [-0.1, -0.05) is 12.1 Å². The summed E-state index contributed by atoms with van der Waals surface area (Å²) in [6, 6.07) is 5.64. The van der Waals surface area contributed by atoms with Crippen LogP contribution in [0, 0.1) is 0 Å². The predicted octanol–water partition coefficient (Wildman–Crippen LogP) is 0.990. The minimum atomic E-state index is -0.428. The Morgan fingerprint density at radius 2 is 2.25 bits per heavy atom. The molecule has 0 radical (unpaired) electrons. The SMILES string of the molecule is CC(=O)NC[C@@H]1OC(=O)N2c3ccc(C4=CCN(CCO)CC4)cc3OC[C@@H]12. The Bertz CT molecular complexity index is 809. The number of nitrogens with zero attached hydrogens (tertiary/aromatic N) is 2. The number of aliphatic hydroxyl groups excluding tert-OH is 1. The van der Waals surface area contributed by atoms with Gasteiger partial charge in [0.25, 0.3) is 0 Å². The first kappa shape index (κ1) is 18.8. The summed E-state index contributed by atoms with van der Waals surface area (Å²) in [7, 11) is 0. The Morgan fingerprint density at radius 1 is 1.39 bits per heavy atom. The standard InChI is InChI=1S/C20H25N3O5/c1-13(25)21-11-19-17-12-27-18-10-15(2-3-16(18)23(17)20(26)28-19)14-4-6-22(7-5-14)8-9-24/h2-4,10,17,19,24H,5-9,11-12H2,1H3,(H,21,25)/t17-,19-/m0/s1. The zero-order chi connectivity index (χ0) is 19.7. The minimum absolute atomic E-state index is 0.158. The number of fused-ring (bicyclic) bond motifs is 3. The maximum atomic E-state index is 12.4. The third kappa shape index (κ3) is 3.57. The maximum absolute atomic E-state index is 12.4. The van der Waals surface area contributed by atoms with Crippen molar-refractivity contribution in [2.75, 3.05) is 44.3 Å². The van der Waals surface area contributed by atoms with Gasteiger partial charge in [-0.25, -0.2) is 4.79 Å². The van der Waals surface area contributed by atoms with E-state index in [4.69, 9.17) is 14.6 Å². The largest absolute Gasteiger partial charge is 0.489 e. The van der Waals surface area contributed by atoms with Crippen LogP contribution < -0.4 is 15.0 Å². The molecule has 4 rings (SSSR count). The van der Waals surface area contributed by atoms with Gasteiger partial charge in [0.2, 0.25) is 5.91 Å². The van der Waals surface area contributed by atoms with Gasteiger partial charge in [-0.05, 0) is 29.7 Å². The van der Waals surface area contributed by atoms with Gasteiger partial charge in [0.1, 0.15) is 24.5 Å². The summed E-state index contributed by atoms with van der Waals surface area (Å²) in [5, 5.41) is 11.8. The highest BCUT2D eigenvalue weighted by molar-refractivity contribution is 5.94. The number of rotatable bonds is 5. The minimum Gasteiger partial charge on any atom is -0.489 e. The molecule has 28 heavy (non-hydrogen) atoms. The summed E-state index contributed by atoms with van der Waals surface area (Å²) in [6.07, 6.45) is 2.25. The molecule has 1 fully saturated rings. The third-order valence-electron chi connectivity index (χ3n) is 5.47. The lowest BCUT2D eigenvalue weighted by Crippen LogP contribution is -2.47. The number of ether oxygens (including phenoxy) is 2. The highest BCUT2D eigenvalue weighted by Gasteiger charge is 2.46. The number of carbonyl (C=O) groups is 2. The lowest BCUT2D eigenvalue weighted by molar-refractivity contribution is -0.119. The van der Waals surface area contributed by atoms with E-state index in [1.807, 2.05) is 18.2 Å². The van der Waals surface area contributed by atoms with Gasteiger partial charge in [0.05, 0.1) is 18.8 Å². The quantitative estimate of drug-likeness (QED) is 0.783. The molecular formula is C20H25N3O5. The summed E-state index contributed by atoms with van der Waals surface area (Å²) >= 11 is 0. The van der Waals surface area contributed by atoms with Gasteiger partial charge in [-0.3, -0.25) is 14.6 Å². The fourth-order valence-electron chi connectivity index (χ4n) is 3.97. The van der Waals surface area contributed by atoms with Gasteiger partial charge in [0.15, 0.2) is 0 Å². The molecule has 3 aliphatic heterocycles. The van der Waals surface area contributed by atoms with E-state index in [0.29, 0.717) is 24.6 Å². The molecular weight excluding hydrogens is 362 g/mol. The Morgan fingerprint density at radius 3 is 2.96 bits per heavy atom. The number of anilines is 1. The number of hydrogen-bond acceptors (Lipinski definition) is 6. The summed E-state index contributed by atoms with van der Waals surface area (Å²) in [5.74, 6) is 0.513. The molecule has 8 heteroatoms. The molecule has 8 nitrogen and oxygen atoms in total. The van der Waals surface area contributed by atoms with E-state index in [-0.39, 0.29) is 25.1 Å². The van der Waals surface area contributed by atoms with Crippen LogP contribution in [0.2, 0.25) is 0 Å². The first-order chi connectivity index (χ1) is 13.6. The van der Waals surface area contributed by atoms with Gasteiger partial charge >= 0.3 is 6.09 Å². The lowest BCUT2D eigenvalue weighted by atomic mass is 9.98. The third-order valence-corrected chi connectivity index (χ3v) is 5.47. The molecule has 1 aromatic rings. The van der Waals surface area contributed by atoms with E-state index in [0.717, 1.165) is 25.1 Å². The van der Waals surface area contributed by atoms with E-state index < -0.39 is 12.2 Å². The van der Waals surface area contributed by atoms with E-state index in [2.05, 4.69) is 16.3 Å². The number of β-amino-alcohol motifs (C(OH)–C–C–N with tert-alkyl or cyclic N) is 1. The van der Waals surface area contributed by atoms with E-state index in [9.17, 15) is 9.59 Å². The van der Waals surface area contributed by atoms with E-state index >= 15 is 0 Å². The number of hydrogen-bond donors (Lipinski definition) is 2. The Labute approximate surface area is 163 Å². The molecule has 1 saturated heterocycles. The van der Waals surface area contributed by atoms with Crippen molar-refractivity contribution in [2.24, 2.45) is 0 Å². The average Bonchev–Trinajstić information content (AvgIpc) is 3.03. The molecule has 2 atom stereocenters. The zero-order valence-corrected chi connectivity index (χ0v) is 15.9. The van der Waals surface area contributed by atoms with Crippen LogP contribution in [0.4, 0.5) is 10.5 Å². The van der Waals surface area contributed by atoms with Crippen LogP contribution in [0.1, 0.15) is 18.9 Å². The second kappa shape index (κ2) is 7.81. The van der Waals surface area contributed by atoms with Crippen LogP contribution in [-0.2, 0) is 9.53 Å². The summed E-state index contributed by atoms with van der Waals surface area (Å²) in [5.41, 5.74) is 3.03. The van der Waals surface area contributed by atoms with Crippen LogP contribution in [0.15, 0.2) is 24.3 Å². The van der Waals surface area contributed by atoms with Crippen molar-refractivity contribution < 1.29 is 24.2 Å². The number of aliphatic hydroxyl groups is 1. The fraction of sp³-hybridized carbons (Fsp3) is 0.500. The molecule has 1 aromatic carbocycles. The van der Waals surface area contributed by atoms with Crippen molar-refractivity contribution in [3.63, 3.8) is 0 Å². The monoisotopic (exact) mass is 387 g/mol. The van der Waals surface area contributed by atoms with Crippen molar-refractivity contribution in [1.82, 2.24) is 10.2 Å². The summed E-state index contributed by atoms with van der Waals surface area (Å²) in [6.45, 7) is 4.63. The lowest BCUT2D eigenvalue weighted by Gasteiger charge is -2.32. The molecule has 0 saturated carbocycles. The molecule has 0 aromatic heterocycles.